The van der Waals surface area contributed by atoms with Crippen LogP contribution in [0.3, 0.4) is 0 Å². The summed E-state index contributed by atoms with van der Waals surface area (Å²) in [7, 11) is 0. The highest BCUT2D eigenvalue weighted by Crippen LogP contribution is 2.29. The third-order valence-corrected chi connectivity index (χ3v) is 3.81. The molecule has 0 fully saturated rings. The summed E-state index contributed by atoms with van der Waals surface area (Å²) in [6, 6.07) is 9.71. The molecule has 1 heterocycles. The largest absolute Gasteiger partial charge is 0.508 e. The van der Waals surface area contributed by atoms with Crippen LogP contribution in [-0.2, 0) is 28.7 Å². The molecule has 0 spiro atoms. The fourth-order valence-corrected chi connectivity index (χ4v) is 2.57. The Bertz CT molecular complexity index is 1050. The maximum Gasteiger partial charge on any atom is 0.416 e. The second-order valence-corrected chi connectivity index (χ2v) is 5.81. The molecule has 27 heavy (non-hydrogen) atoms. The zero-order valence-corrected chi connectivity index (χ0v) is 13.7. The number of benzene rings is 2. The Morgan fingerprint density at radius 3 is 2.63 bits per heavy atom. The van der Waals surface area contributed by atoms with Gasteiger partial charge in [-0.05, 0) is 23.8 Å². The minimum atomic E-state index is -4.50. The van der Waals surface area contributed by atoms with Gasteiger partial charge in [0.1, 0.15) is 17.9 Å². The van der Waals surface area contributed by atoms with Crippen LogP contribution in [-0.4, -0.2) is 11.1 Å². The molecule has 0 atom stereocenters. The van der Waals surface area contributed by atoms with E-state index in [0.29, 0.717) is 10.9 Å². The third kappa shape index (κ3) is 4.46. The molecule has 1 N–H and O–H groups in total. The molecule has 3 aromatic rings. The lowest BCUT2D eigenvalue weighted by Gasteiger charge is -2.10. The number of hydrogen-bond donors (Lipinski definition) is 1. The van der Waals surface area contributed by atoms with E-state index >= 15 is 0 Å². The van der Waals surface area contributed by atoms with Gasteiger partial charge in [-0.2, -0.15) is 13.2 Å². The number of carbonyl (C=O) groups is 1. The van der Waals surface area contributed by atoms with Gasteiger partial charge in [0, 0.05) is 23.1 Å². The van der Waals surface area contributed by atoms with Gasteiger partial charge < -0.3 is 14.3 Å². The average Bonchev–Trinajstić information content (AvgIpc) is 2.58. The van der Waals surface area contributed by atoms with Gasteiger partial charge in [0.05, 0.1) is 12.0 Å². The van der Waals surface area contributed by atoms with Crippen LogP contribution >= 0.6 is 0 Å². The van der Waals surface area contributed by atoms with E-state index in [1.807, 2.05) is 0 Å². The normalized spacial score (nSPS) is 11.5. The molecule has 0 aliphatic heterocycles. The summed E-state index contributed by atoms with van der Waals surface area (Å²) >= 11 is 0. The second-order valence-electron chi connectivity index (χ2n) is 5.81. The number of phenols is 1. The fraction of sp³-hybridized carbons (Fsp3) is 0.158. The smallest absolute Gasteiger partial charge is 0.416 e. The molecule has 1 aromatic heterocycles. The number of carbonyl (C=O) groups excluding carboxylic acids is 1. The lowest BCUT2D eigenvalue weighted by Crippen LogP contribution is -2.11. The van der Waals surface area contributed by atoms with E-state index in [2.05, 4.69) is 0 Å². The molecule has 0 saturated heterocycles. The molecule has 8 heteroatoms. The number of aromatic hydroxyl groups is 1. The van der Waals surface area contributed by atoms with Crippen LogP contribution in [0.2, 0.25) is 0 Å². The van der Waals surface area contributed by atoms with Gasteiger partial charge in [0.2, 0.25) is 0 Å². The minimum absolute atomic E-state index is 0.0932. The lowest BCUT2D eigenvalue weighted by atomic mass is 10.1. The highest BCUT2D eigenvalue weighted by Gasteiger charge is 2.30. The van der Waals surface area contributed by atoms with E-state index in [0.717, 1.165) is 18.2 Å². The summed E-state index contributed by atoms with van der Waals surface area (Å²) < 4.78 is 48.2. The van der Waals surface area contributed by atoms with Crippen LogP contribution < -0.4 is 5.63 Å². The zero-order valence-electron chi connectivity index (χ0n) is 13.7. The number of esters is 1. The summed E-state index contributed by atoms with van der Waals surface area (Å²) in [5, 5.41) is 9.92. The van der Waals surface area contributed by atoms with Crippen molar-refractivity contribution in [1.29, 1.82) is 0 Å². The molecule has 5 nitrogen and oxygen atoms in total. The molecule has 0 aliphatic carbocycles. The summed E-state index contributed by atoms with van der Waals surface area (Å²) in [5.41, 5.74) is -0.876. The van der Waals surface area contributed by atoms with Crippen molar-refractivity contribution < 1.29 is 32.2 Å². The summed E-state index contributed by atoms with van der Waals surface area (Å²) in [6.45, 7) is -0.259. The number of alkyl halides is 3. The molecule has 0 radical (unpaired) electrons. The van der Waals surface area contributed by atoms with Crippen LogP contribution in [0.4, 0.5) is 13.2 Å². The molecule has 0 aliphatic rings. The highest BCUT2D eigenvalue weighted by molar-refractivity contribution is 5.81. The summed E-state index contributed by atoms with van der Waals surface area (Å²) in [6.07, 6.45) is -4.84. The first-order valence-corrected chi connectivity index (χ1v) is 7.80. The van der Waals surface area contributed by atoms with E-state index in [-0.39, 0.29) is 29.9 Å². The van der Waals surface area contributed by atoms with Gasteiger partial charge in [0.25, 0.3) is 0 Å². The molecule has 0 amide bonds. The van der Waals surface area contributed by atoms with Crippen molar-refractivity contribution in [2.45, 2.75) is 19.2 Å². The monoisotopic (exact) mass is 378 g/mol. The topological polar surface area (TPSA) is 76.7 Å². The van der Waals surface area contributed by atoms with Crippen molar-refractivity contribution in [3.05, 3.63) is 75.6 Å². The first-order valence-electron chi connectivity index (χ1n) is 7.80. The van der Waals surface area contributed by atoms with Crippen molar-refractivity contribution in [1.82, 2.24) is 0 Å². The van der Waals surface area contributed by atoms with Crippen LogP contribution in [0.15, 0.2) is 57.7 Å². The van der Waals surface area contributed by atoms with Crippen molar-refractivity contribution in [2.75, 3.05) is 0 Å². The van der Waals surface area contributed by atoms with Crippen molar-refractivity contribution >= 4 is 16.9 Å². The Kier molecular flexibility index (Phi) is 4.89. The number of fused-ring (bicyclic) bond motifs is 1. The van der Waals surface area contributed by atoms with Gasteiger partial charge in [-0.15, -0.1) is 0 Å². The maximum atomic E-state index is 12.7. The molecule has 140 valence electrons. The Balaban J connectivity index is 1.73. The number of phenolic OH excluding ortho intramolecular Hbond substituents is 1. The molecule has 2 aromatic carbocycles. The molecule has 0 saturated carbocycles. The number of halogens is 3. The van der Waals surface area contributed by atoms with Crippen LogP contribution in [0.5, 0.6) is 5.75 Å². The van der Waals surface area contributed by atoms with Crippen molar-refractivity contribution in [3.8, 4) is 5.75 Å². The Labute approximate surface area is 150 Å². The van der Waals surface area contributed by atoms with Crippen LogP contribution in [0, 0.1) is 0 Å². The fourth-order valence-electron chi connectivity index (χ4n) is 2.57. The first kappa shape index (κ1) is 18.5. The van der Waals surface area contributed by atoms with Gasteiger partial charge in [-0.3, -0.25) is 4.79 Å². The standard InChI is InChI=1S/C19H13F3O5/c20-19(21,22)13-3-1-2-11(6-13)7-17(24)26-10-12-8-18(25)27-16-9-14(23)4-5-15(12)16/h1-6,8-9,23H,7,10H2. The molecule has 0 unspecified atom stereocenters. The van der Waals surface area contributed by atoms with Crippen molar-refractivity contribution in [3.63, 3.8) is 0 Å². The van der Waals surface area contributed by atoms with Gasteiger partial charge in [0.15, 0.2) is 0 Å². The van der Waals surface area contributed by atoms with Gasteiger partial charge in [-0.25, -0.2) is 4.79 Å². The predicted molar refractivity (Wildman–Crippen MR) is 89.1 cm³/mol. The van der Waals surface area contributed by atoms with E-state index in [4.69, 9.17) is 9.15 Å². The third-order valence-electron chi connectivity index (χ3n) is 3.81. The molecule has 0 bridgehead atoms. The minimum Gasteiger partial charge on any atom is -0.508 e. The predicted octanol–water partition coefficient (Wildman–Crippen LogP) is 3.80. The average molecular weight is 378 g/mol. The summed E-state index contributed by atoms with van der Waals surface area (Å²) in [4.78, 5) is 23.6. The number of ether oxygens (including phenoxy) is 1. The summed E-state index contributed by atoms with van der Waals surface area (Å²) in [5.74, 6) is -0.834. The van der Waals surface area contributed by atoms with Gasteiger partial charge in [-0.1, -0.05) is 18.2 Å². The molecule has 3 rings (SSSR count). The van der Waals surface area contributed by atoms with E-state index in [1.54, 1.807) is 0 Å². The highest BCUT2D eigenvalue weighted by atomic mass is 19.4. The quantitative estimate of drug-likeness (QED) is 0.552. The van der Waals surface area contributed by atoms with Crippen molar-refractivity contribution in [2.24, 2.45) is 0 Å². The number of rotatable bonds is 4. The van der Waals surface area contributed by atoms with Gasteiger partial charge >= 0.3 is 17.8 Å². The first-order chi connectivity index (χ1) is 12.7. The Morgan fingerprint density at radius 1 is 1.11 bits per heavy atom. The Hall–Kier alpha value is -3.29. The zero-order chi connectivity index (χ0) is 19.6. The molecular formula is C19H13F3O5. The van der Waals surface area contributed by atoms with E-state index in [9.17, 15) is 27.9 Å². The molecular weight excluding hydrogens is 365 g/mol. The van der Waals surface area contributed by atoms with E-state index < -0.39 is 23.3 Å². The Morgan fingerprint density at radius 2 is 1.89 bits per heavy atom. The maximum absolute atomic E-state index is 12.7. The SMILES string of the molecule is O=C(Cc1cccc(C(F)(F)F)c1)OCc1cc(=O)oc2cc(O)ccc12. The second kappa shape index (κ2) is 7.14. The lowest BCUT2D eigenvalue weighted by molar-refractivity contribution is -0.144. The number of hydrogen-bond acceptors (Lipinski definition) is 5. The van der Waals surface area contributed by atoms with E-state index in [1.165, 1.54) is 30.3 Å². The van der Waals surface area contributed by atoms with Crippen LogP contribution in [0.25, 0.3) is 11.0 Å². The van der Waals surface area contributed by atoms with Crippen LogP contribution in [0.1, 0.15) is 16.7 Å².